The number of carbonyl (C=O) groups is 2. The van der Waals surface area contributed by atoms with Gasteiger partial charge in [0.1, 0.15) is 11.5 Å². The highest BCUT2D eigenvalue weighted by molar-refractivity contribution is 5.83. The van der Waals surface area contributed by atoms with Gasteiger partial charge in [0, 0.05) is 0 Å². The zero-order chi connectivity index (χ0) is 20.5. The number of para-hydroxylation sites is 1. The number of hydrogen-bond acceptors (Lipinski definition) is 4. The summed E-state index contributed by atoms with van der Waals surface area (Å²) in [6, 6.07) is 15.1. The molecule has 0 aromatic heterocycles. The van der Waals surface area contributed by atoms with E-state index in [1.54, 1.807) is 0 Å². The van der Waals surface area contributed by atoms with Crippen LogP contribution in [0.3, 0.4) is 0 Å². The van der Waals surface area contributed by atoms with Gasteiger partial charge in [0.2, 0.25) is 0 Å². The number of rotatable bonds is 8. The number of amides is 2. The molecule has 0 fully saturated rings. The van der Waals surface area contributed by atoms with E-state index < -0.39 is 11.8 Å². The Hall–Kier alpha value is -3.02. The van der Waals surface area contributed by atoms with Gasteiger partial charge in [-0.05, 0) is 41.2 Å². The lowest BCUT2D eigenvalue weighted by atomic mass is 10.0. The highest BCUT2D eigenvalue weighted by Gasteiger charge is 2.10. The number of hydrogen-bond donors (Lipinski definition) is 2. The third-order valence-corrected chi connectivity index (χ3v) is 4.16. The second kappa shape index (κ2) is 10.3. The summed E-state index contributed by atoms with van der Waals surface area (Å²) in [4.78, 5) is 23.7. The molecule has 2 aromatic carbocycles. The van der Waals surface area contributed by atoms with Crippen LogP contribution in [-0.4, -0.2) is 25.0 Å². The molecule has 0 saturated carbocycles. The third-order valence-electron chi connectivity index (χ3n) is 4.16. The van der Waals surface area contributed by atoms with Gasteiger partial charge in [-0.2, -0.15) is 0 Å². The largest absolute Gasteiger partial charge is 0.484 e. The molecule has 2 rings (SSSR count). The molecule has 150 valence electrons. The summed E-state index contributed by atoms with van der Waals surface area (Å²) in [5.74, 6) is 1.07. The fraction of sp³-hybridized carbons (Fsp3) is 0.364. The minimum absolute atomic E-state index is 0.193. The van der Waals surface area contributed by atoms with Crippen molar-refractivity contribution < 1.29 is 19.1 Å². The van der Waals surface area contributed by atoms with Crippen molar-refractivity contribution in [1.29, 1.82) is 0 Å². The Labute approximate surface area is 166 Å². The van der Waals surface area contributed by atoms with Crippen molar-refractivity contribution in [2.75, 3.05) is 13.2 Å². The van der Waals surface area contributed by atoms with Crippen LogP contribution in [0.4, 0.5) is 0 Å². The normalized spacial score (nSPS) is 10.6. The molecule has 6 heteroatoms. The highest BCUT2D eigenvalue weighted by atomic mass is 16.5. The molecule has 0 radical (unpaired) electrons. The third kappa shape index (κ3) is 6.61. The van der Waals surface area contributed by atoms with E-state index in [0.29, 0.717) is 17.4 Å². The summed E-state index contributed by atoms with van der Waals surface area (Å²) < 4.78 is 11.0. The Bertz CT molecular complexity index is 785. The maximum absolute atomic E-state index is 11.9. The van der Waals surface area contributed by atoms with Crippen molar-refractivity contribution >= 4 is 11.8 Å². The molecule has 2 aromatic rings. The first-order valence-electron chi connectivity index (χ1n) is 9.39. The van der Waals surface area contributed by atoms with E-state index in [-0.39, 0.29) is 19.1 Å². The smallest absolute Gasteiger partial charge is 0.276 e. The minimum Gasteiger partial charge on any atom is -0.484 e. The van der Waals surface area contributed by atoms with E-state index in [0.717, 1.165) is 5.56 Å². The van der Waals surface area contributed by atoms with E-state index >= 15 is 0 Å². The molecule has 28 heavy (non-hydrogen) atoms. The van der Waals surface area contributed by atoms with Gasteiger partial charge < -0.3 is 9.47 Å². The molecule has 0 unspecified atom stereocenters. The zero-order valence-electron chi connectivity index (χ0n) is 16.8. The molecule has 0 heterocycles. The van der Waals surface area contributed by atoms with Gasteiger partial charge in [0.25, 0.3) is 11.8 Å². The minimum atomic E-state index is -0.455. The van der Waals surface area contributed by atoms with E-state index in [2.05, 4.69) is 38.5 Å². The molecule has 0 bridgehead atoms. The summed E-state index contributed by atoms with van der Waals surface area (Å²) in [6.45, 7) is 7.94. The quantitative estimate of drug-likeness (QED) is 0.683. The van der Waals surface area contributed by atoms with Crippen LogP contribution in [0.1, 0.15) is 50.7 Å². The predicted molar refractivity (Wildman–Crippen MR) is 108 cm³/mol. The van der Waals surface area contributed by atoms with Crippen LogP contribution in [0.15, 0.2) is 48.5 Å². The van der Waals surface area contributed by atoms with Crippen molar-refractivity contribution in [3.63, 3.8) is 0 Å². The van der Waals surface area contributed by atoms with Gasteiger partial charge in [-0.25, -0.2) is 0 Å². The molecule has 0 aliphatic heterocycles. The first-order chi connectivity index (χ1) is 13.4. The topological polar surface area (TPSA) is 76.7 Å². The average Bonchev–Trinajstić information content (AvgIpc) is 2.69. The van der Waals surface area contributed by atoms with Crippen LogP contribution in [0.5, 0.6) is 11.5 Å². The number of carbonyl (C=O) groups excluding carboxylic acids is 2. The first kappa shape index (κ1) is 21.3. The van der Waals surface area contributed by atoms with Gasteiger partial charge in [-0.3, -0.25) is 20.4 Å². The molecule has 2 N–H and O–H groups in total. The number of nitrogens with one attached hydrogen (secondary N) is 2. The molecule has 0 saturated heterocycles. The van der Waals surface area contributed by atoms with E-state index in [1.807, 2.05) is 48.5 Å². The van der Waals surface area contributed by atoms with Crippen molar-refractivity contribution in [3.05, 3.63) is 59.7 Å². The summed E-state index contributed by atoms with van der Waals surface area (Å²) in [5.41, 5.74) is 6.85. The summed E-state index contributed by atoms with van der Waals surface area (Å²) >= 11 is 0. The van der Waals surface area contributed by atoms with Crippen molar-refractivity contribution in [2.24, 2.45) is 0 Å². The molecule has 0 atom stereocenters. The lowest BCUT2D eigenvalue weighted by Gasteiger charge is -2.14. The van der Waals surface area contributed by atoms with Crippen LogP contribution in [0.2, 0.25) is 0 Å². The first-order valence-corrected chi connectivity index (χ1v) is 9.39. The summed E-state index contributed by atoms with van der Waals surface area (Å²) in [5, 5.41) is 0. The Balaban J connectivity index is 1.71. The van der Waals surface area contributed by atoms with Crippen molar-refractivity contribution in [1.82, 2.24) is 10.9 Å². The maximum atomic E-state index is 11.9. The number of ether oxygens (including phenoxy) is 2. The zero-order valence-corrected chi connectivity index (χ0v) is 16.8. The molecule has 6 nitrogen and oxygen atoms in total. The van der Waals surface area contributed by atoms with Gasteiger partial charge >= 0.3 is 0 Å². The summed E-state index contributed by atoms with van der Waals surface area (Å²) in [7, 11) is 0. The molecule has 0 aliphatic rings. The molecular weight excluding hydrogens is 356 g/mol. The van der Waals surface area contributed by atoms with Gasteiger partial charge in [0.05, 0.1) is 0 Å². The number of benzene rings is 2. The molecular formula is C22H28N2O4. The monoisotopic (exact) mass is 384 g/mol. The van der Waals surface area contributed by atoms with Gasteiger partial charge in [-0.1, -0.05) is 58.0 Å². The van der Waals surface area contributed by atoms with Crippen molar-refractivity contribution in [2.45, 2.75) is 39.5 Å². The van der Waals surface area contributed by atoms with E-state index in [4.69, 9.17) is 9.47 Å². The van der Waals surface area contributed by atoms with Crippen LogP contribution < -0.4 is 20.3 Å². The fourth-order valence-electron chi connectivity index (χ4n) is 2.54. The van der Waals surface area contributed by atoms with E-state index in [1.165, 1.54) is 5.56 Å². The fourth-order valence-corrected chi connectivity index (χ4v) is 2.54. The van der Waals surface area contributed by atoms with Crippen LogP contribution >= 0.6 is 0 Å². The SMILES string of the molecule is CC(C)c1ccc(OCC(=O)NNC(=O)COc2ccccc2C(C)C)cc1. The standard InChI is InChI=1S/C22H28N2O4/c1-15(2)17-9-11-18(12-10-17)27-13-21(25)23-24-22(26)14-28-20-8-6-5-7-19(20)16(3)4/h5-12,15-16H,13-14H2,1-4H3,(H,23,25)(H,24,26). The second-order valence-corrected chi connectivity index (χ2v) is 7.09. The van der Waals surface area contributed by atoms with Gasteiger partial charge in [-0.15, -0.1) is 0 Å². The molecule has 0 aliphatic carbocycles. The Kier molecular flexibility index (Phi) is 7.87. The molecule has 0 spiro atoms. The van der Waals surface area contributed by atoms with Crippen LogP contribution in [0, 0.1) is 0 Å². The average molecular weight is 384 g/mol. The Morgan fingerprint density at radius 2 is 1.36 bits per heavy atom. The van der Waals surface area contributed by atoms with Crippen molar-refractivity contribution in [3.8, 4) is 11.5 Å². The van der Waals surface area contributed by atoms with Crippen LogP contribution in [0.25, 0.3) is 0 Å². The highest BCUT2D eigenvalue weighted by Crippen LogP contribution is 2.25. The predicted octanol–water partition coefficient (Wildman–Crippen LogP) is 3.54. The Morgan fingerprint density at radius 1 is 0.786 bits per heavy atom. The summed E-state index contributed by atoms with van der Waals surface area (Å²) in [6.07, 6.45) is 0. The Morgan fingerprint density at radius 3 is 1.93 bits per heavy atom. The maximum Gasteiger partial charge on any atom is 0.276 e. The van der Waals surface area contributed by atoms with Gasteiger partial charge in [0.15, 0.2) is 13.2 Å². The number of hydrazine groups is 1. The van der Waals surface area contributed by atoms with E-state index in [9.17, 15) is 9.59 Å². The lowest BCUT2D eigenvalue weighted by molar-refractivity contribution is -0.131. The lowest BCUT2D eigenvalue weighted by Crippen LogP contribution is -2.45. The molecule has 2 amide bonds. The second-order valence-electron chi connectivity index (χ2n) is 7.09. The van der Waals surface area contributed by atoms with Crippen LogP contribution in [-0.2, 0) is 9.59 Å².